The second kappa shape index (κ2) is 9.56. The van der Waals surface area contributed by atoms with Crippen LogP contribution in [0.15, 0.2) is 53.2 Å². The third-order valence-corrected chi connectivity index (χ3v) is 5.97. The van der Waals surface area contributed by atoms with Gasteiger partial charge in [0, 0.05) is 50.8 Å². The van der Waals surface area contributed by atoms with Crippen molar-refractivity contribution in [2.24, 2.45) is 5.92 Å². The molecular weight excluding hydrogens is 491 g/mol. The number of urea groups is 1. The molecule has 1 aliphatic heterocycles. The molecule has 0 saturated carbocycles. The van der Waals surface area contributed by atoms with Crippen molar-refractivity contribution >= 4 is 23.3 Å². The van der Waals surface area contributed by atoms with Gasteiger partial charge in [-0.25, -0.2) is 14.2 Å². The number of likely N-dealkylation sites (tertiary alicyclic amines) is 1. The van der Waals surface area contributed by atoms with Crippen LogP contribution in [0.3, 0.4) is 0 Å². The summed E-state index contributed by atoms with van der Waals surface area (Å²) >= 11 is 0. The van der Waals surface area contributed by atoms with Gasteiger partial charge in [0.05, 0.1) is 18.2 Å². The maximum atomic E-state index is 14.0. The van der Waals surface area contributed by atoms with Crippen molar-refractivity contribution in [3.05, 3.63) is 66.2 Å². The SMILES string of the molecule is CN(C)C(=O)N1CC(C(=O)N(Cc2cn3ccc(-c4nnc(C(F)F)o4)cc3n2)c2cccc(F)c2)C1. The fourth-order valence-corrected chi connectivity index (χ4v) is 4.08. The number of nitrogens with zero attached hydrogens (tertiary/aromatic N) is 7. The lowest BCUT2D eigenvalue weighted by molar-refractivity contribution is -0.126. The molecule has 192 valence electrons. The summed E-state index contributed by atoms with van der Waals surface area (Å²) < 4.78 is 46.3. The van der Waals surface area contributed by atoms with E-state index in [2.05, 4.69) is 15.2 Å². The highest BCUT2D eigenvalue weighted by Gasteiger charge is 2.39. The molecule has 0 unspecified atom stereocenters. The Morgan fingerprint density at radius 2 is 1.95 bits per heavy atom. The van der Waals surface area contributed by atoms with Gasteiger partial charge in [-0.15, -0.1) is 10.2 Å². The first-order valence-corrected chi connectivity index (χ1v) is 11.3. The van der Waals surface area contributed by atoms with Crippen molar-refractivity contribution < 1.29 is 27.2 Å². The van der Waals surface area contributed by atoms with E-state index in [1.807, 2.05) is 0 Å². The number of halogens is 3. The van der Waals surface area contributed by atoms with Crippen LogP contribution >= 0.6 is 0 Å². The standard InChI is InChI=1S/C24H22F3N7O3/c1-31(2)24(36)33-10-15(11-33)23(35)34(18-5-3-4-16(25)9-18)13-17-12-32-7-6-14(8-19(32)28-17)21-29-30-22(37-21)20(26)27/h3-9,12,15,20H,10-11,13H2,1-2H3. The number of imidazole rings is 1. The monoisotopic (exact) mass is 513 g/mol. The minimum atomic E-state index is -2.88. The van der Waals surface area contributed by atoms with Gasteiger partial charge in [0.2, 0.25) is 11.8 Å². The van der Waals surface area contributed by atoms with Crippen molar-refractivity contribution in [3.63, 3.8) is 0 Å². The number of pyridine rings is 1. The van der Waals surface area contributed by atoms with Crippen LogP contribution in [-0.2, 0) is 11.3 Å². The molecular formula is C24H22F3N7O3. The third kappa shape index (κ3) is 4.84. The Kier molecular flexibility index (Phi) is 6.27. The second-order valence-electron chi connectivity index (χ2n) is 8.84. The van der Waals surface area contributed by atoms with Gasteiger partial charge >= 0.3 is 12.5 Å². The number of rotatable bonds is 6. The summed E-state index contributed by atoms with van der Waals surface area (Å²) in [5, 5.41) is 6.99. The maximum absolute atomic E-state index is 14.0. The zero-order chi connectivity index (χ0) is 26.3. The average molecular weight is 513 g/mol. The predicted octanol–water partition coefficient (Wildman–Crippen LogP) is 3.61. The van der Waals surface area contributed by atoms with Gasteiger partial charge in [-0.1, -0.05) is 6.07 Å². The maximum Gasteiger partial charge on any atom is 0.319 e. The summed E-state index contributed by atoms with van der Waals surface area (Å²) in [6.07, 6.45) is 0.483. The zero-order valence-corrected chi connectivity index (χ0v) is 19.9. The van der Waals surface area contributed by atoms with Gasteiger partial charge in [0.1, 0.15) is 11.5 Å². The topological polar surface area (TPSA) is 100 Å². The van der Waals surface area contributed by atoms with Crippen LogP contribution < -0.4 is 4.90 Å². The van der Waals surface area contributed by atoms with E-state index in [1.54, 1.807) is 54.0 Å². The summed E-state index contributed by atoms with van der Waals surface area (Å²) in [5.74, 6) is -2.02. The Hall–Kier alpha value is -4.42. The molecule has 1 saturated heterocycles. The van der Waals surface area contributed by atoms with E-state index in [9.17, 15) is 22.8 Å². The number of carbonyl (C=O) groups is 2. The minimum Gasteiger partial charge on any atom is -0.415 e. The minimum absolute atomic E-state index is 0.0491. The van der Waals surface area contributed by atoms with Crippen molar-refractivity contribution in [2.75, 3.05) is 32.1 Å². The van der Waals surface area contributed by atoms with E-state index in [0.29, 0.717) is 22.6 Å². The Morgan fingerprint density at radius 3 is 2.62 bits per heavy atom. The Balaban J connectivity index is 1.39. The summed E-state index contributed by atoms with van der Waals surface area (Å²) in [4.78, 5) is 34.6. The van der Waals surface area contributed by atoms with E-state index >= 15 is 0 Å². The molecule has 4 heterocycles. The number of fused-ring (bicyclic) bond motifs is 1. The molecule has 0 radical (unpaired) electrons. The second-order valence-corrected chi connectivity index (χ2v) is 8.84. The number of alkyl halides is 2. The van der Waals surface area contributed by atoms with E-state index < -0.39 is 24.1 Å². The molecule has 1 fully saturated rings. The number of hydrogen-bond donors (Lipinski definition) is 0. The van der Waals surface area contributed by atoms with Crippen molar-refractivity contribution in [2.45, 2.75) is 13.0 Å². The van der Waals surface area contributed by atoms with Crippen LogP contribution in [0, 0.1) is 11.7 Å². The van der Waals surface area contributed by atoms with Crippen LogP contribution in [0.4, 0.5) is 23.7 Å². The highest BCUT2D eigenvalue weighted by Crippen LogP contribution is 2.27. The molecule has 13 heteroatoms. The molecule has 10 nitrogen and oxygen atoms in total. The van der Waals surface area contributed by atoms with Crippen LogP contribution in [0.1, 0.15) is 18.0 Å². The van der Waals surface area contributed by atoms with Crippen molar-refractivity contribution in [3.8, 4) is 11.5 Å². The molecule has 1 aliphatic rings. The molecule has 0 bridgehead atoms. The number of benzene rings is 1. The lowest BCUT2D eigenvalue weighted by Gasteiger charge is -2.41. The molecule has 4 aromatic rings. The van der Waals surface area contributed by atoms with Crippen molar-refractivity contribution in [1.82, 2.24) is 29.4 Å². The summed E-state index contributed by atoms with van der Waals surface area (Å²) in [6, 6.07) is 8.73. The lowest BCUT2D eigenvalue weighted by atomic mass is 9.98. The zero-order valence-electron chi connectivity index (χ0n) is 19.9. The van der Waals surface area contributed by atoms with Gasteiger partial charge in [-0.3, -0.25) is 4.79 Å². The Bertz CT molecular complexity index is 1460. The van der Waals surface area contributed by atoms with Crippen LogP contribution in [-0.4, -0.2) is 68.5 Å². The van der Waals surface area contributed by atoms with Crippen LogP contribution in [0.5, 0.6) is 0 Å². The number of anilines is 1. The Labute approximate surface area is 208 Å². The van der Waals surface area contributed by atoms with E-state index in [1.165, 1.54) is 28.0 Å². The molecule has 0 atom stereocenters. The fourth-order valence-electron chi connectivity index (χ4n) is 4.08. The summed E-state index contributed by atoms with van der Waals surface area (Å²) in [5.41, 5.74) is 1.74. The van der Waals surface area contributed by atoms with Gasteiger partial charge in [-0.2, -0.15) is 8.78 Å². The molecule has 3 aromatic heterocycles. The van der Waals surface area contributed by atoms with Crippen molar-refractivity contribution in [1.29, 1.82) is 0 Å². The number of amides is 3. The molecule has 37 heavy (non-hydrogen) atoms. The predicted molar refractivity (Wildman–Crippen MR) is 125 cm³/mol. The number of hydrogen-bond acceptors (Lipinski definition) is 6. The molecule has 0 N–H and O–H groups in total. The highest BCUT2D eigenvalue weighted by atomic mass is 19.3. The molecule has 0 spiro atoms. The first kappa shape index (κ1) is 24.3. The normalized spacial score (nSPS) is 13.7. The van der Waals surface area contributed by atoms with E-state index in [0.717, 1.165) is 0 Å². The molecule has 1 aromatic carbocycles. The third-order valence-electron chi connectivity index (χ3n) is 5.97. The number of carbonyl (C=O) groups excluding carboxylic acids is 2. The van der Waals surface area contributed by atoms with Gasteiger partial charge < -0.3 is 23.5 Å². The summed E-state index contributed by atoms with van der Waals surface area (Å²) in [6.45, 7) is 0.579. The van der Waals surface area contributed by atoms with E-state index in [-0.39, 0.29) is 37.5 Å². The molecule has 3 amide bonds. The van der Waals surface area contributed by atoms with Gasteiger partial charge in [-0.05, 0) is 30.3 Å². The smallest absolute Gasteiger partial charge is 0.319 e. The largest absolute Gasteiger partial charge is 0.415 e. The average Bonchev–Trinajstić information content (AvgIpc) is 3.48. The highest BCUT2D eigenvalue weighted by molar-refractivity contribution is 5.96. The summed E-state index contributed by atoms with van der Waals surface area (Å²) in [7, 11) is 3.28. The lowest BCUT2D eigenvalue weighted by Crippen LogP contribution is -2.58. The van der Waals surface area contributed by atoms with Crippen LogP contribution in [0.25, 0.3) is 17.1 Å². The van der Waals surface area contributed by atoms with Gasteiger partial charge in [0.25, 0.3) is 5.89 Å². The number of aromatic nitrogens is 4. The first-order valence-electron chi connectivity index (χ1n) is 11.3. The van der Waals surface area contributed by atoms with E-state index in [4.69, 9.17) is 4.42 Å². The quantitative estimate of drug-likeness (QED) is 0.391. The van der Waals surface area contributed by atoms with Crippen LogP contribution in [0.2, 0.25) is 0 Å². The fraction of sp³-hybridized carbons (Fsp3) is 0.292. The van der Waals surface area contributed by atoms with Gasteiger partial charge in [0.15, 0.2) is 0 Å². The molecule has 5 rings (SSSR count). The molecule has 0 aliphatic carbocycles. The Morgan fingerprint density at radius 1 is 1.16 bits per heavy atom. The first-order chi connectivity index (χ1) is 17.7.